The Bertz CT molecular complexity index is 217. The highest BCUT2D eigenvalue weighted by Crippen LogP contribution is 2.26. The van der Waals surface area contributed by atoms with Gasteiger partial charge in [0.1, 0.15) is 5.78 Å². The zero-order valence-corrected chi connectivity index (χ0v) is 8.29. The van der Waals surface area contributed by atoms with Gasteiger partial charge in [0.05, 0.1) is 6.61 Å². The molecule has 1 fully saturated rings. The molecule has 1 saturated carbocycles. The minimum Gasteiger partial charge on any atom is -0.464 e. The van der Waals surface area contributed by atoms with Gasteiger partial charge in [0.2, 0.25) is 0 Å². The fourth-order valence-corrected chi connectivity index (χ4v) is 1.67. The normalized spacial score (nSPS) is 20.6. The molecule has 80 valence electrons. The SMILES string of the molecule is CCOC(=O)C(F)C1CCC(=O)CC1. The maximum absolute atomic E-state index is 13.4. The number of hydrogen-bond acceptors (Lipinski definition) is 3. The standard InChI is InChI=1S/C10H15FO3/c1-2-14-10(13)9(11)7-3-5-8(12)6-4-7/h7,9H,2-6H2,1H3. The first-order valence-corrected chi connectivity index (χ1v) is 4.97. The fourth-order valence-electron chi connectivity index (χ4n) is 1.67. The molecule has 1 rings (SSSR count). The molecule has 0 aromatic carbocycles. The van der Waals surface area contributed by atoms with Crippen LogP contribution in [0, 0.1) is 5.92 Å². The van der Waals surface area contributed by atoms with Crippen molar-refractivity contribution in [1.82, 2.24) is 0 Å². The Morgan fingerprint density at radius 2 is 2.14 bits per heavy atom. The molecule has 0 heterocycles. The summed E-state index contributed by atoms with van der Waals surface area (Å²) < 4.78 is 18.0. The molecule has 4 heteroatoms. The van der Waals surface area contributed by atoms with Crippen molar-refractivity contribution in [2.24, 2.45) is 5.92 Å². The van der Waals surface area contributed by atoms with Gasteiger partial charge in [-0.2, -0.15) is 0 Å². The summed E-state index contributed by atoms with van der Waals surface area (Å²) in [5.74, 6) is -0.948. The van der Waals surface area contributed by atoms with Gasteiger partial charge >= 0.3 is 5.97 Å². The molecule has 0 aromatic heterocycles. The third kappa shape index (κ3) is 2.79. The quantitative estimate of drug-likeness (QED) is 0.653. The van der Waals surface area contributed by atoms with Gasteiger partial charge in [-0.15, -0.1) is 0 Å². The van der Waals surface area contributed by atoms with Crippen LogP contribution in [0.3, 0.4) is 0 Å². The Hall–Kier alpha value is -0.930. The smallest absolute Gasteiger partial charge is 0.341 e. The van der Waals surface area contributed by atoms with Crippen LogP contribution in [0.4, 0.5) is 4.39 Å². The lowest BCUT2D eigenvalue weighted by molar-refractivity contribution is -0.152. The molecule has 1 aliphatic rings. The number of alkyl halides is 1. The third-order valence-electron chi connectivity index (χ3n) is 2.51. The highest BCUT2D eigenvalue weighted by Gasteiger charge is 2.32. The van der Waals surface area contributed by atoms with Gasteiger partial charge in [0, 0.05) is 18.8 Å². The van der Waals surface area contributed by atoms with Crippen molar-refractivity contribution in [3.05, 3.63) is 0 Å². The topological polar surface area (TPSA) is 43.4 Å². The Balaban J connectivity index is 2.40. The zero-order chi connectivity index (χ0) is 10.6. The molecule has 14 heavy (non-hydrogen) atoms. The van der Waals surface area contributed by atoms with Gasteiger partial charge in [-0.1, -0.05) is 0 Å². The molecule has 1 atom stereocenters. The van der Waals surface area contributed by atoms with E-state index in [4.69, 9.17) is 0 Å². The maximum Gasteiger partial charge on any atom is 0.341 e. The number of esters is 1. The summed E-state index contributed by atoms with van der Waals surface area (Å²) in [7, 11) is 0. The van der Waals surface area contributed by atoms with Crippen LogP contribution < -0.4 is 0 Å². The molecule has 3 nitrogen and oxygen atoms in total. The number of carbonyl (C=O) groups excluding carboxylic acids is 2. The van der Waals surface area contributed by atoms with Crippen molar-refractivity contribution < 1.29 is 18.7 Å². The molecular formula is C10H15FO3. The molecule has 0 saturated heterocycles. The molecule has 1 aliphatic carbocycles. The molecule has 0 aromatic rings. The van der Waals surface area contributed by atoms with Crippen LogP contribution in [0.2, 0.25) is 0 Å². The summed E-state index contributed by atoms with van der Waals surface area (Å²) in [6, 6.07) is 0. The molecular weight excluding hydrogens is 187 g/mol. The van der Waals surface area contributed by atoms with E-state index in [0.717, 1.165) is 0 Å². The molecule has 0 amide bonds. The van der Waals surface area contributed by atoms with Crippen molar-refractivity contribution in [2.75, 3.05) is 6.61 Å². The van der Waals surface area contributed by atoms with E-state index in [1.54, 1.807) is 6.92 Å². The Morgan fingerprint density at radius 3 is 2.64 bits per heavy atom. The maximum atomic E-state index is 13.4. The lowest BCUT2D eigenvalue weighted by Gasteiger charge is -2.22. The van der Waals surface area contributed by atoms with E-state index in [2.05, 4.69) is 4.74 Å². The Morgan fingerprint density at radius 1 is 1.57 bits per heavy atom. The number of rotatable bonds is 3. The van der Waals surface area contributed by atoms with Crippen molar-refractivity contribution in [3.8, 4) is 0 Å². The van der Waals surface area contributed by atoms with Gasteiger partial charge in [-0.05, 0) is 19.8 Å². The lowest BCUT2D eigenvalue weighted by atomic mass is 9.85. The number of carbonyl (C=O) groups is 2. The first kappa shape index (κ1) is 11.1. The van der Waals surface area contributed by atoms with E-state index in [1.165, 1.54) is 0 Å². The van der Waals surface area contributed by atoms with Crippen LogP contribution in [0.1, 0.15) is 32.6 Å². The van der Waals surface area contributed by atoms with Crippen LogP contribution >= 0.6 is 0 Å². The predicted molar refractivity (Wildman–Crippen MR) is 48.5 cm³/mol. The number of hydrogen-bond donors (Lipinski definition) is 0. The zero-order valence-electron chi connectivity index (χ0n) is 8.29. The molecule has 0 aliphatic heterocycles. The Labute approximate surface area is 82.6 Å². The van der Waals surface area contributed by atoms with Gasteiger partial charge in [0.25, 0.3) is 0 Å². The number of ketones is 1. The van der Waals surface area contributed by atoms with Crippen LogP contribution in [-0.4, -0.2) is 24.5 Å². The second-order valence-corrected chi connectivity index (χ2v) is 3.53. The summed E-state index contributed by atoms with van der Waals surface area (Å²) in [5, 5.41) is 0. The van der Waals surface area contributed by atoms with Gasteiger partial charge in [-0.25, -0.2) is 9.18 Å². The number of ether oxygens (including phenoxy) is 1. The van der Waals surface area contributed by atoms with Crippen LogP contribution in [0.25, 0.3) is 0 Å². The van der Waals surface area contributed by atoms with Crippen LogP contribution in [0.5, 0.6) is 0 Å². The number of Topliss-reactive ketones (excluding diaryl/α,β-unsaturated/α-hetero) is 1. The van der Waals surface area contributed by atoms with Gasteiger partial charge < -0.3 is 4.74 Å². The van der Waals surface area contributed by atoms with E-state index in [-0.39, 0.29) is 18.3 Å². The highest BCUT2D eigenvalue weighted by atomic mass is 19.1. The van der Waals surface area contributed by atoms with E-state index < -0.39 is 12.1 Å². The molecule has 0 bridgehead atoms. The monoisotopic (exact) mass is 202 g/mol. The van der Waals surface area contributed by atoms with Crippen molar-refractivity contribution in [1.29, 1.82) is 0 Å². The number of halogens is 1. The largest absolute Gasteiger partial charge is 0.464 e. The van der Waals surface area contributed by atoms with Gasteiger partial charge in [0.15, 0.2) is 6.17 Å². The van der Waals surface area contributed by atoms with E-state index in [0.29, 0.717) is 25.7 Å². The van der Waals surface area contributed by atoms with Crippen molar-refractivity contribution in [3.63, 3.8) is 0 Å². The summed E-state index contributed by atoms with van der Waals surface area (Å²) in [6.07, 6.45) is 0.176. The average Bonchev–Trinajstić information content (AvgIpc) is 2.18. The minimum atomic E-state index is -1.55. The van der Waals surface area contributed by atoms with Gasteiger partial charge in [-0.3, -0.25) is 4.79 Å². The summed E-state index contributed by atoms with van der Waals surface area (Å²) in [5.41, 5.74) is 0. The van der Waals surface area contributed by atoms with E-state index in [9.17, 15) is 14.0 Å². The molecule has 0 spiro atoms. The van der Waals surface area contributed by atoms with Crippen molar-refractivity contribution >= 4 is 11.8 Å². The average molecular weight is 202 g/mol. The highest BCUT2D eigenvalue weighted by molar-refractivity contribution is 5.80. The summed E-state index contributed by atoms with van der Waals surface area (Å²) >= 11 is 0. The van der Waals surface area contributed by atoms with Crippen LogP contribution in [0.15, 0.2) is 0 Å². The summed E-state index contributed by atoms with van der Waals surface area (Å²) in [4.78, 5) is 21.9. The minimum absolute atomic E-state index is 0.164. The van der Waals surface area contributed by atoms with E-state index in [1.807, 2.05) is 0 Å². The Kier molecular flexibility index (Phi) is 4.04. The third-order valence-corrected chi connectivity index (χ3v) is 2.51. The van der Waals surface area contributed by atoms with Crippen molar-refractivity contribution in [2.45, 2.75) is 38.8 Å². The second kappa shape index (κ2) is 5.08. The second-order valence-electron chi connectivity index (χ2n) is 3.53. The van der Waals surface area contributed by atoms with E-state index >= 15 is 0 Å². The predicted octanol–water partition coefficient (Wildman–Crippen LogP) is 1.65. The summed E-state index contributed by atoms with van der Waals surface area (Å²) in [6.45, 7) is 1.85. The van der Waals surface area contributed by atoms with Crippen LogP contribution in [-0.2, 0) is 14.3 Å². The lowest BCUT2D eigenvalue weighted by Crippen LogP contribution is -2.30. The fraction of sp³-hybridized carbons (Fsp3) is 0.800. The first-order chi connectivity index (χ1) is 6.65. The molecule has 1 unspecified atom stereocenters. The molecule has 0 N–H and O–H groups in total. The first-order valence-electron chi connectivity index (χ1n) is 4.97. The molecule has 0 radical (unpaired) electrons.